The van der Waals surface area contributed by atoms with E-state index in [9.17, 15) is 4.21 Å². The molecule has 0 aliphatic carbocycles. The van der Waals surface area contributed by atoms with Crippen LogP contribution in [0.4, 0.5) is 5.95 Å². The topological polar surface area (TPSA) is 78.7 Å². The van der Waals surface area contributed by atoms with Gasteiger partial charge in [-0.1, -0.05) is 0 Å². The SMILES string of the molecule is Cc1nn(C)c2c1nc(N)n2C(C)CCS(C)=O. The molecule has 0 aromatic carbocycles. The van der Waals surface area contributed by atoms with Crippen LogP contribution in [0.25, 0.3) is 11.2 Å². The summed E-state index contributed by atoms with van der Waals surface area (Å²) in [6, 6.07) is 0.161. The van der Waals surface area contributed by atoms with E-state index in [1.165, 1.54) is 0 Å². The van der Waals surface area contributed by atoms with Gasteiger partial charge in [0.1, 0.15) is 5.52 Å². The van der Waals surface area contributed by atoms with E-state index >= 15 is 0 Å². The smallest absolute Gasteiger partial charge is 0.202 e. The third-order valence-electron chi connectivity index (χ3n) is 3.13. The number of aryl methyl sites for hydroxylation is 2. The Labute approximate surface area is 109 Å². The lowest BCUT2D eigenvalue weighted by Crippen LogP contribution is -2.13. The average molecular weight is 269 g/mol. The predicted octanol–water partition coefficient (Wildman–Crippen LogP) is 0.990. The maximum atomic E-state index is 11.2. The molecule has 2 atom stereocenters. The van der Waals surface area contributed by atoms with Gasteiger partial charge in [0, 0.05) is 35.9 Å². The highest BCUT2D eigenvalue weighted by Crippen LogP contribution is 2.25. The Morgan fingerprint density at radius 2 is 2.17 bits per heavy atom. The zero-order valence-electron chi connectivity index (χ0n) is 11.2. The lowest BCUT2D eigenvalue weighted by molar-refractivity contribution is 0.539. The fourth-order valence-corrected chi connectivity index (χ4v) is 2.89. The van der Waals surface area contributed by atoms with Gasteiger partial charge in [0.15, 0.2) is 5.65 Å². The second-order valence-corrected chi connectivity index (χ2v) is 6.19. The summed E-state index contributed by atoms with van der Waals surface area (Å²) < 4.78 is 14.9. The number of fused-ring (bicyclic) bond motifs is 1. The van der Waals surface area contributed by atoms with Crippen LogP contribution in [0.5, 0.6) is 0 Å². The summed E-state index contributed by atoms with van der Waals surface area (Å²) in [6.07, 6.45) is 2.52. The summed E-state index contributed by atoms with van der Waals surface area (Å²) in [5.74, 6) is 1.16. The highest BCUT2D eigenvalue weighted by atomic mass is 32.2. The first kappa shape index (κ1) is 13.1. The molecule has 0 fully saturated rings. The molecule has 0 spiro atoms. The minimum Gasteiger partial charge on any atom is -0.369 e. The number of nitrogen functional groups attached to an aromatic ring is 1. The average Bonchev–Trinajstić information content (AvgIpc) is 2.74. The van der Waals surface area contributed by atoms with Crippen LogP contribution < -0.4 is 5.73 Å². The molecule has 0 aliphatic rings. The van der Waals surface area contributed by atoms with Crippen molar-refractivity contribution in [2.45, 2.75) is 26.3 Å². The van der Waals surface area contributed by atoms with Crippen LogP contribution >= 0.6 is 0 Å². The molecule has 2 heterocycles. The van der Waals surface area contributed by atoms with Crippen molar-refractivity contribution in [2.24, 2.45) is 7.05 Å². The van der Waals surface area contributed by atoms with Gasteiger partial charge >= 0.3 is 0 Å². The van der Waals surface area contributed by atoms with Crippen LogP contribution in [-0.4, -0.2) is 35.5 Å². The van der Waals surface area contributed by atoms with Crippen LogP contribution in [-0.2, 0) is 17.8 Å². The normalized spacial score (nSPS) is 15.1. The van der Waals surface area contributed by atoms with Gasteiger partial charge in [0.2, 0.25) is 5.95 Å². The molecule has 0 saturated carbocycles. The van der Waals surface area contributed by atoms with Gasteiger partial charge in [-0.2, -0.15) is 5.10 Å². The molecule has 0 bridgehead atoms. The van der Waals surface area contributed by atoms with Gasteiger partial charge in [-0.25, -0.2) is 4.98 Å². The molecule has 0 radical (unpaired) electrons. The fraction of sp³-hybridized carbons (Fsp3) is 0.636. The molecule has 7 heteroatoms. The van der Waals surface area contributed by atoms with Gasteiger partial charge < -0.3 is 5.73 Å². The van der Waals surface area contributed by atoms with E-state index in [2.05, 4.69) is 17.0 Å². The summed E-state index contributed by atoms with van der Waals surface area (Å²) in [5, 5.41) is 4.35. The molecule has 2 rings (SSSR count). The Hall–Kier alpha value is -1.37. The summed E-state index contributed by atoms with van der Waals surface area (Å²) in [6.45, 7) is 3.98. The maximum Gasteiger partial charge on any atom is 0.202 e. The number of nitrogens with two attached hydrogens (primary N) is 1. The van der Waals surface area contributed by atoms with Gasteiger partial charge in [0.25, 0.3) is 0 Å². The molecule has 18 heavy (non-hydrogen) atoms. The molecule has 2 unspecified atom stereocenters. The van der Waals surface area contributed by atoms with Gasteiger partial charge in [-0.3, -0.25) is 13.5 Å². The molecular formula is C11H19N5OS. The standard InChI is InChI=1S/C11H19N5OS/c1-7(5-6-18(4)17)16-10-9(13-11(16)12)8(2)14-15(10)3/h7H,5-6H2,1-4H3,(H2,12,13). The molecule has 2 aromatic rings. The minimum atomic E-state index is -0.785. The first-order valence-corrected chi connectivity index (χ1v) is 7.61. The molecular weight excluding hydrogens is 250 g/mol. The van der Waals surface area contributed by atoms with Crippen LogP contribution in [0.2, 0.25) is 0 Å². The number of imidazole rings is 1. The van der Waals surface area contributed by atoms with Crippen LogP contribution in [0.3, 0.4) is 0 Å². The van der Waals surface area contributed by atoms with E-state index in [-0.39, 0.29) is 6.04 Å². The number of rotatable bonds is 4. The molecule has 2 aromatic heterocycles. The predicted molar refractivity (Wildman–Crippen MR) is 73.9 cm³/mol. The van der Waals surface area contributed by atoms with Crippen LogP contribution in [0, 0.1) is 6.92 Å². The Morgan fingerprint density at radius 1 is 1.50 bits per heavy atom. The molecule has 100 valence electrons. The summed E-state index contributed by atoms with van der Waals surface area (Å²) in [4.78, 5) is 4.36. The second kappa shape index (κ2) is 4.72. The molecule has 2 N–H and O–H groups in total. The lowest BCUT2D eigenvalue weighted by Gasteiger charge is -2.15. The molecule has 6 nitrogen and oxygen atoms in total. The van der Waals surface area contributed by atoms with E-state index in [0.29, 0.717) is 11.7 Å². The minimum absolute atomic E-state index is 0.161. The number of nitrogens with zero attached hydrogens (tertiary/aromatic N) is 4. The zero-order chi connectivity index (χ0) is 13.4. The maximum absolute atomic E-state index is 11.2. The number of aromatic nitrogens is 4. The highest BCUT2D eigenvalue weighted by molar-refractivity contribution is 7.84. The Bertz CT molecular complexity index is 600. The van der Waals surface area contributed by atoms with Crippen molar-refractivity contribution in [3.63, 3.8) is 0 Å². The van der Waals surface area contributed by atoms with Crippen molar-refractivity contribution < 1.29 is 4.21 Å². The van der Waals surface area contributed by atoms with Crippen LogP contribution in [0.1, 0.15) is 25.1 Å². The first-order valence-electron chi connectivity index (χ1n) is 5.88. The highest BCUT2D eigenvalue weighted by Gasteiger charge is 2.19. The van der Waals surface area contributed by atoms with Gasteiger partial charge in [0.05, 0.1) is 5.69 Å². The van der Waals surface area contributed by atoms with Crippen molar-refractivity contribution in [1.82, 2.24) is 19.3 Å². The van der Waals surface area contributed by atoms with E-state index in [1.807, 2.05) is 18.5 Å². The summed E-state index contributed by atoms with van der Waals surface area (Å²) >= 11 is 0. The lowest BCUT2D eigenvalue weighted by atomic mass is 10.2. The third kappa shape index (κ3) is 2.14. The molecule has 0 aliphatic heterocycles. The van der Waals surface area contributed by atoms with E-state index in [1.54, 1.807) is 10.9 Å². The Balaban J connectivity index is 2.43. The van der Waals surface area contributed by atoms with Gasteiger partial charge in [-0.15, -0.1) is 0 Å². The van der Waals surface area contributed by atoms with E-state index in [4.69, 9.17) is 5.73 Å². The quantitative estimate of drug-likeness (QED) is 0.897. The van der Waals surface area contributed by atoms with Crippen molar-refractivity contribution >= 4 is 27.9 Å². The van der Waals surface area contributed by atoms with Crippen LogP contribution in [0.15, 0.2) is 0 Å². The van der Waals surface area contributed by atoms with Gasteiger partial charge in [-0.05, 0) is 20.3 Å². The monoisotopic (exact) mass is 269 g/mol. The molecule has 0 saturated heterocycles. The number of hydrogen-bond donors (Lipinski definition) is 1. The van der Waals surface area contributed by atoms with Crippen molar-refractivity contribution in [3.8, 4) is 0 Å². The van der Waals surface area contributed by atoms with Crippen molar-refractivity contribution in [2.75, 3.05) is 17.7 Å². The van der Waals surface area contributed by atoms with Crippen molar-refractivity contribution in [3.05, 3.63) is 5.69 Å². The Morgan fingerprint density at radius 3 is 2.78 bits per heavy atom. The summed E-state index contributed by atoms with van der Waals surface area (Å²) in [7, 11) is 1.10. The largest absolute Gasteiger partial charge is 0.369 e. The molecule has 0 amide bonds. The fourth-order valence-electron chi connectivity index (χ4n) is 2.21. The third-order valence-corrected chi connectivity index (χ3v) is 3.94. The van der Waals surface area contributed by atoms with E-state index < -0.39 is 10.8 Å². The second-order valence-electron chi connectivity index (χ2n) is 4.64. The number of hydrogen-bond acceptors (Lipinski definition) is 4. The Kier molecular flexibility index (Phi) is 3.43. The zero-order valence-corrected chi connectivity index (χ0v) is 12.0. The number of anilines is 1. The van der Waals surface area contributed by atoms with E-state index in [0.717, 1.165) is 23.3 Å². The first-order chi connectivity index (χ1) is 8.41. The van der Waals surface area contributed by atoms with Crippen molar-refractivity contribution in [1.29, 1.82) is 0 Å². The summed E-state index contributed by atoms with van der Waals surface area (Å²) in [5.41, 5.74) is 8.63.